The lowest BCUT2D eigenvalue weighted by atomic mass is 10.2. The molecule has 0 aromatic carbocycles. The smallest absolute Gasteiger partial charge is 0.222 e. The van der Waals surface area contributed by atoms with Gasteiger partial charge in [0.25, 0.3) is 0 Å². The van der Waals surface area contributed by atoms with Gasteiger partial charge < -0.3 is 5.32 Å². The van der Waals surface area contributed by atoms with E-state index >= 15 is 0 Å². The number of carbonyl (C=O) groups is 2. The van der Waals surface area contributed by atoms with Crippen LogP contribution in [0.15, 0.2) is 29.0 Å². The van der Waals surface area contributed by atoms with Crippen LogP contribution in [-0.2, 0) is 11.3 Å². The first-order chi connectivity index (χ1) is 9.08. The Bertz CT molecular complexity index is 570. The van der Waals surface area contributed by atoms with Gasteiger partial charge in [-0.25, -0.2) is 0 Å². The highest BCUT2D eigenvalue weighted by Gasteiger charge is 2.13. The summed E-state index contributed by atoms with van der Waals surface area (Å²) in [6.45, 7) is 4.20. The molecule has 0 unspecified atom stereocenters. The van der Waals surface area contributed by atoms with E-state index in [2.05, 4.69) is 5.32 Å². The zero-order valence-electron chi connectivity index (χ0n) is 10.8. The van der Waals surface area contributed by atoms with Crippen molar-refractivity contribution in [1.82, 2.24) is 5.32 Å². The molecule has 3 nitrogen and oxygen atoms in total. The molecule has 0 bridgehead atoms. The predicted octanol–water partition coefficient (Wildman–Crippen LogP) is 3.31. The number of hydrogen-bond acceptors (Lipinski definition) is 4. The summed E-state index contributed by atoms with van der Waals surface area (Å²) in [5, 5.41) is 6.59. The van der Waals surface area contributed by atoms with Gasteiger partial charge >= 0.3 is 0 Å². The summed E-state index contributed by atoms with van der Waals surface area (Å²) in [7, 11) is 0. The van der Waals surface area contributed by atoms with Gasteiger partial charge in [0.1, 0.15) is 0 Å². The van der Waals surface area contributed by atoms with Gasteiger partial charge in [-0.1, -0.05) is 13.8 Å². The molecule has 19 heavy (non-hydrogen) atoms. The van der Waals surface area contributed by atoms with Crippen molar-refractivity contribution in [3.8, 4) is 0 Å². The van der Waals surface area contributed by atoms with E-state index in [1.807, 2.05) is 42.8 Å². The van der Waals surface area contributed by atoms with Crippen molar-refractivity contribution in [2.45, 2.75) is 20.4 Å². The molecule has 2 heterocycles. The number of rotatable bonds is 5. The third kappa shape index (κ3) is 3.52. The molecule has 100 valence electrons. The van der Waals surface area contributed by atoms with Gasteiger partial charge in [0.05, 0.1) is 11.4 Å². The van der Waals surface area contributed by atoms with Crippen LogP contribution in [0.1, 0.15) is 34.0 Å². The number of hydrogen-bond donors (Lipinski definition) is 1. The molecule has 5 heteroatoms. The maximum Gasteiger partial charge on any atom is 0.222 e. The number of ketones is 1. The first kappa shape index (κ1) is 14.0. The van der Waals surface area contributed by atoms with E-state index in [9.17, 15) is 9.59 Å². The summed E-state index contributed by atoms with van der Waals surface area (Å²) in [5.41, 5.74) is 0.726. The minimum atomic E-state index is -0.0214. The van der Waals surface area contributed by atoms with E-state index in [-0.39, 0.29) is 17.6 Å². The Morgan fingerprint density at radius 2 is 2.05 bits per heavy atom. The molecular formula is C14H15NO2S2. The first-order valence-electron chi connectivity index (χ1n) is 6.01. The van der Waals surface area contributed by atoms with Gasteiger partial charge in [-0.15, -0.1) is 11.3 Å². The van der Waals surface area contributed by atoms with E-state index in [4.69, 9.17) is 0 Å². The molecule has 0 aliphatic carbocycles. The highest BCUT2D eigenvalue weighted by Crippen LogP contribution is 2.21. The number of carbonyl (C=O) groups excluding carboxylic acids is 2. The molecule has 1 amide bonds. The van der Waals surface area contributed by atoms with Gasteiger partial charge in [-0.05, 0) is 23.6 Å². The lowest BCUT2D eigenvalue weighted by Gasteiger charge is -2.05. The second kappa shape index (κ2) is 6.12. The molecule has 2 rings (SSSR count). The van der Waals surface area contributed by atoms with Crippen molar-refractivity contribution in [3.05, 3.63) is 44.3 Å². The van der Waals surface area contributed by atoms with Crippen molar-refractivity contribution in [1.29, 1.82) is 0 Å². The molecule has 0 saturated carbocycles. The molecule has 0 aliphatic heterocycles. The van der Waals surface area contributed by atoms with E-state index in [1.165, 1.54) is 22.7 Å². The summed E-state index contributed by atoms with van der Waals surface area (Å²) in [6.07, 6.45) is 0. The zero-order valence-corrected chi connectivity index (χ0v) is 12.4. The van der Waals surface area contributed by atoms with Crippen LogP contribution >= 0.6 is 22.7 Å². The van der Waals surface area contributed by atoms with Crippen molar-refractivity contribution in [2.75, 3.05) is 0 Å². The second-order valence-electron chi connectivity index (χ2n) is 4.48. The Hall–Kier alpha value is -1.46. The lowest BCUT2D eigenvalue weighted by molar-refractivity contribution is -0.124. The molecule has 0 atom stereocenters. The average Bonchev–Trinajstić information content (AvgIpc) is 3.06. The third-order valence-electron chi connectivity index (χ3n) is 2.63. The van der Waals surface area contributed by atoms with Gasteiger partial charge in [-0.3, -0.25) is 9.59 Å². The molecule has 2 aromatic rings. The van der Waals surface area contributed by atoms with Crippen molar-refractivity contribution >= 4 is 34.4 Å². The quantitative estimate of drug-likeness (QED) is 0.860. The molecule has 0 saturated heterocycles. The van der Waals surface area contributed by atoms with Crippen molar-refractivity contribution < 1.29 is 9.59 Å². The minimum Gasteiger partial charge on any atom is -0.351 e. The lowest BCUT2D eigenvalue weighted by Crippen LogP contribution is -2.26. The standard InChI is InChI=1S/C14H15NO2S2/c1-9(2)14(17)15-7-11-3-4-12(19-11)13(16)10-5-6-18-8-10/h3-6,8-9H,7H2,1-2H3,(H,15,17). The zero-order chi connectivity index (χ0) is 13.8. The minimum absolute atomic E-state index is 0.0214. The Labute approximate surface area is 120 Å². The largest absolute Gasteiger partial charge is 0.351 e. The van der Waals surface area contributed by atoms with Gasteiger partial charge in [0, 0.05) is 21.7 Å². The highest BCUT2D eigenvalue weighted by molar-refractivity contribution is 7.14. The fourth-order valence-corrected chi connectivity index (χ4v) is 3.05. The van der Waals surface area contributed by atoms with E-state index in [0.717, 1.165) is 10.4 Å². The summed E-state index contributed by atoms with van der Waals surface area (Å²) >= 11 is 2.95. The molecule has 0 fully saturated rings. The Morgan fingerprint density at radius 1 is 1.26 bits per heavy atom. The molecule has 0 radical (unpaired) electrons. The Balaban J connectivity index is 2.00. The molecule has 0 aliphatic rings. The SMILES string of the molecule is CC(C)C(=O)NCc1ccc(C(=O)c2ccsc2)s1. The first-order valence-corrected chi connectivity index (χ1v) is 7.77. The number of nitrogens with one attached hydrogen (secondary N) is 1. The Morgan fingerprint density at radius 3 is 2.68 bits per heavy atom. The maximum atomic E-state index is 12.1. The number of thiophene rings is 2. The summed E-state index contributed by atoms with van der Waals surface area (Å²) < 4.78 is 0. The fourth-order valence-electron chi connectivity index (χ4n) is 1.51. The summed E-state index contributed by atoms with van der Waals surface area (Å²) in [6, 6.07) is 5.54. The predicted molar refractivity (Wildman–Crippen MR) is 78.8 cm³/mol. The van der Waals surface area contributed by atoms with Crippen LogP contribution in [0, 0.1) is 5.92 Å². The number of amides is 1. The fraction of sp³-hybridized carbons (Fsp3) is 0.286. The van der Waals surface area contributed by atoms with Crippen LogP contribution < -0.4 is 5.32 Å². The van der Waals surface area contributed by atoms with Crippen LogP contribution in [0.4, 0.5) is 0 Å². The normalized spacial score (nSPS) is 10.7. The van der Waals surface area contributed by atoms with E-state index < -0.39 is 0 Å². The highest BCUT2D eigenvalue weighted by atomic mass is 32.1. The molecule has 0 spiro atoms. The van der Waals surface area contributed by atoms with Crippen LogP contribution in [0.25, 0.3) is 0 Å². The molecule has 1 N–H and O–H groups in total. The summed E-state index contributed by atoms with van der Waals surface area (Å²) in [5.74, 6) is 0.0543. The maximum absolute atomic E-state index is 12.1. The van der Waals surface area contributed by atoms with Crippen LogP contribution in [0.3, 0.4) is 0 Å². The Kier molecular flexibility index (Phi) is 4.50. The van der Waals surface area contributed by atoms with Gasteiger partial charge in [0.2, 0.25) is 11.7 Å². The molecule has 2 aromatic heterocycles. The van der Waals surface area contributed by atoms with E-state index in [1.54, 1.807) is 0 Å². The van der Waals surface area contributed by atoms with Crippen LogP contribution in [0.2, 0.25) is 0 Å². The van der Waals surface area contributed by atoms with Gasteiger partial charge in [0.15, 0.2) is 0 Å². The average molecular weight is 293 g/mol. The second-order valence-corrected chi connectivity index (χ2v) is 6.43. The van der Waals surface area contributed by atoms with Crippen molar-refractivity contribution in [2.24, 2.45) is 5.92 Å². The third-order valence-corrected chi connectivity index (χ3v) is 4.40. The van der Waals surface area contributed by atoms with Crippen LogP contribution in [-0.4, -0.2) is 11.7 Å². The topological polar surface area (TPSA) is 46.2 Å². The molecular weight excluding hydrogens is 278 g/mol. The summed E-state index contributed by atoms with van der Waals surface area (Å²) in [4.78, 5) is 25.3. The monoisotopic (exact) mass is 293 g/mol. The van der Waals surface area contributed by atoms with Crippen molar-refractivity contribution in [3.63, 3.8) is 0 Å². The van der Waals surface area contributed by atoms with E-state index in [0.29, 0.717) is 11.4 Å². The van der Waals surface area contributed by atoms with Gasteiger partial charge in [-0.2, -0.15) is 11.3 Å². The van der Waals surface area contributed by atoms with Crippen LogP contribution in [0.5, 0.6) is 0 Å².